The predicted octanol–water partition coefficient (Wildman–Crippen LogP) is -2.53. The Morgan fingerprint density at radius 1 is 1.14 bits per heavy atom. The van der Waals surface area contributed by atoms with E-state index in [0.717, 1.165) is 6.42 Å². The minimum Gasteiger partial charge on any atom is -1.00 e. The summed E-state index contributed by atoms with van der Waals surface area (Å²) in [5.41, 5.74) is 6.47. The van der Waals surface area contributed by atoms with Crippen molar-refractivity contribution in [1.29, 1.82) is 0 Å². The quantitative estimate of drug-likeness (QED) is 0.568. The van der Waals surface area contributed by atoms with Crippen molar-refractivity contribution >= 4 is 8.85 Å². The van der Waals surface area contributed by atoms with Gasteiger partial charge in [-0.05, 0) is 0 Å². The van der Waals surface area contributed by atoms with E-state index >= 15 is 0 Å². The van der Waals surface area contributed by atoms with Crippen molar-refractivity contribution in [2.24, 2.45) is 0 Å². The summed E-state index contributed by atoms with van der Waals surface area (Å²) < 4.78 is 1.38. The van der Waals surface area contributed by atoms with Crippen LogP contribution in [0.5, 0.6) is 0 Å². The summed E-state index contributed by atoms with van der Waals surface area (Å²) in [6.45, 7) is 8.89. The second-order valence-corrected chi connectivity index (χ2v) is 7.53. The molecule has 0 atom stereocenters. The standard InChI is InChI=1S/C17H22NO.2ClH.Zr/c1-12(9-10-19)16-14-8-6-5-7-13(14)11-15(16)18-17(2,3)4;;;/h5-8,18-19H,9-10H2,1-4H3;2*1H;/q;;;+2/p-2. The second-order valence-electron chi connectivity index (χ2n) is 6.30. The zero-order valence-corrected chi connectivity index (χ0v) is 17.4. The van der Waals surface area contributed by atoms with E-state index in [9.17, 15) is 5.11 Å². The third-order valence-electron chi connectivity index (χ3n) is 3.38. The van der Waals surface area contributed by atoms with Gasteiger partial charge in [0.2, 0.25) is 0 Å². The van der Waals surface area contributed by atoms with Crippen LogP contribution in [0.3, 0.4) is 0 Å². The van der Waals surface area contributed by atoms with Gasteiger partial charge in [-0.25, -0.2) is 0 Å². The molecule has 1 aliphatic carbocycles. The van der Waals surface area contributed by atoms with E-state index in [1.807, 2.05) is 0 Å². The maximum atomic E-state index is 9.26. The Morgan fingerprint density at radius 3 is 2.18 bits per heavy atom. The fraction of sp³-hybridized carbons (Fsp3) is 0.412. The zero-order valence-electron chi connectivity index (χ0n) is 13.4. The van der Waals surface area contributed by atoms with Gasteiger partial charge in [-0.2, -0.15) is 0 Å². The molecule has 2 nitrogen and oxygen atoms in total. The van der Waals surface area contributed by atoms with Crippen LogP contribution in [-0.4, -0.2) is 17.3 Å². The topological polar surface area (TPSA) is 32.3 Å². The van der Waals surface area contributed by atoms with Crippen LogP contribution in [0.15, 0.2) is 35.5 Å². The third kappa shape index (κ3) is 4.71. The van der Waals surface area contributed by atoms with Gasteiger partial charge in [-0.1, -0.05) is 0 Å². The van der Waals surface area contributed by atoms with Gasteiger partial charge in [0, 0.05) is 0 Å². The van der Waals surface area contributed by atoms with Crippen LogP contribution in [0.4, 0.5) is 0 Å². The molecule has 119 valence electrons. The number of hydrogen-bond acceptors (Lipinski definition) is 2. The molecule has 0 heterocycles. The van der Waals surface area contributed by atoms with Gasteiger partial charge in [0.05, 0.1) is 0 Å². The summed E-state index contributed by atoms with van der Waals surface area (Å²) in [7, 11) is 0. The molecular formula is C17H22Cl2NOZr. The van der Waals surface area contributed by atoms with E-state index in [1.54, 1.807) is 0 Å². The van der Waals surface area contributed by atoms with Crippen molar-refractivity contribution < 1.29 is 54.6 Å². The first-order valence-corrected chi connectivity index (χ1v) is 8.23. The van der Waals surface area contributed by atoms with Gasteiger partial charge in [0.25, 0.3) is 0 Å². The van der Waals surface area contributed by atoms with Gasteiger partial charge >= 0.3 is 137 Å². The molecule has 0 bridgehead atoms. The van der Waals surface area contributed by atoms with Gasteiger partial charge in [0.1, 0.15) is 0 Å². The van der Waals surface area contributed by atoms with Crippen LogP contribution in [-0.2, 0) is 24.7 Å². The van der Waals surface area contributed by atoms with E-state index in [-0.39, 0.29) is 37.0 Å². The van der Waals surface area contributed by atoms with Gasteiger partial charge < -0.3 is 24.8 Å². The summed E-state index contributed by atoms with van der Waals surface area (Å²) in [5.74, 6) is 0. The van der Waals surface area contributed by atoms with Crippen LogP contribution in [0, 0.1) is 0 Å². The number of allylic oxidation sites excluding steroid dienone is 1. The number of rotatable bonds is 3. The number of aliphatic hydroxyl groups excluding tert-OH is 1. The number of benzene rings is 1. The molecule has 0 fully saturated rings. The second kappa shape index (κ2) is 8.69. The van der Waals surface area contributed by atoms with Crippen molar-refractivity contribution in [2.45, 2.75) is 39.7 Å². The van der Waals surface area contributed by atoms with Crippen LogP contribution in [0.2, 0.25) is 0 Å². The maximum Gasteiger partial charge on any atom is -1.00 e. The number of nitrogens with one attached hydrogen (secondary N) is 1. The van der Waals surface area contributed by atoms with E-state index in [4.69, 9.17) is 0 Å². The van der Waals surface area contributed by atoms with Crippen LogP contribution >= 0.6 is 0 Å². The van der Waals surface area contributed by atoms with Gasteiger partial charge in [-0.3, -0.25) is 0 Å². The molecule has 0 aliphatic heterocycles. The number of fused-ring (bicyclic) bond motifs is 1. The Hall–Kier alpha value is -0.0769. The largest absolute Gasteiger partial charge is 1.00 e. The van der Waals surface area contributed by atoms with Gasteiger partial charge in [0.15, 0.2) is 0 Å². The average Bonchev–Trinajstić information content (AvgIpc) is 2.62. The normalized spacial score (nSPS) is 15.8. The molecule has 0 saturated carbocycles. The first kappa shape index (κ1) is 21.9. The fourth-order valence-corrected chi connectivity index (χ4v) is 3.55. The Bertz CT molecular complexity index is 589. The summed E-state index contributed by atoms with van der Waals surface area (Å²) in [6.07, 6.45) is 0.725. The molecule has 22 heavy (non-hydrogen) atoms. The van der Waals surface area contributed by atoms with Crippen molar-refractivity contribution in [3.8, 4) is 0 Å². The molecule has 0 amide bonds. The van der Waals surface area contributed by atoms with E-state index in [0.29, 0.717) is 0 Å². The first-order valence-electron chi connectivity index (χ1n) is 7.00. The monoisotopic (exact) mass is 416 g/mol. The van der Waals surface area contributed by atoms with Crippen LogP contribution < -0.4 is 30.1 Å². The average molecular weight is 418 g/mol. The molecule has 2 N–H and O–H groups in total. The number of hydrogen-bond donors (Lipinski definition) is 2. The Labute approximate surface area is 161 Å². The minimum atomic E-state index is 0. The molecule has 1 aromatic carbocycles. The summed E-state index contributed by atoms with van der Waals surface area (Å²) in [6, 6.07) is 8.58. The SMILES string of the molecule is CC(CCO)=C1C(NC(C)(C)C)=[C]([Zr+2])c2ccccc21.[Cl-].[Cl-]. The third-order valence-corrected chi connectivity index (χ3v) is 4.66. The fourth-order valence-electron chi connectivity index (χ4n) is 2.55. The van der Waals surface area contributed by atoms with Crippen molar-refractivity contribution in [3.05, 3.63) is 46.7 Å². The summed E-state index contributed by atoms with van der Waals surface area (Å²) >= 11 is 1.42. The van der Waals surface area contributed by atoms with Crippen molar-refractivity contribution in [3.63, 3.8) is 0 Å². The number of halogens is 2. The van der Waals surface area contributed by atoms with Crippen LogP contribution in [0.25, 0.3) is 8.85 Å². The summed E-state index contributed by atoms with van der Waals surface area (Å²) in [4.78, 5) is 0. The van der Waals surface area contributed by atoms with Gasteiger partial charge in [-0.15, -0.1) is 0 Å². The Kier molecular flexibility index (Phi) is 8.65. The molecule has 0 spiro atoms. The molecule has 1 aliphatic rings. The van der Waals surface area contributed by atoms with E-state index < -0.39 is 0 Å². The molecule has 0 unspecified atom stereocenters. The molecule has 1 aromatic rings. The minimum absolute atomic E-state index is 0. The van der Waals surface area contributed by atoms with Crippen molar-refractivity contribution in [2.75, 3.05) is 6.61 Å². The zero-order chi connectivity index (χ0) is 14.9. The Morgan fingerprint density at radius 2 is 1.68 bits per heavy atom. The first-order chi connectivity index (χ1) is 9.35. The summed E-state index contributed by atoms with van der Waals surface area (Å²) in [5, 5.41) is 12.9. The van der Waals surface area contributed by atoms with Crippen molar-refractivity contribution in [1.82, 2.24) is 5.32 Å². The molecular weight excluding hydrogens is 396 g/mol. The predicted molar refractivity (Wildman–Crippen MR) is 80.5 cm³/mol. The molecule has 0 saturated heterocycles. The molecule has 0 radical (unpaired) electrons. The smallest absolute Gasteiger partial charge is 1.00 e. The molecule has 5 heteroatoms. The molecule has 2 rings (SSSR count). The van der Waals surface area contributed by atoms with Crippen LogP contribution in [0.1, 0.15) is 45.2 Å². The van der Waals surface area contributed by atoms with E-state index in [1.165, 1.54) is 56.0 Å². The Balaban J connectivity index is 0.00000220. The maximum absolute atomic E-state index is 9.26. The molecule has 0 aromatic heterocycles. The number of aliphatic hydroxyl groups is 1. The van der Waals surface area contributed by atoms with E-state index in [2.05, 4.69) is 57.3 Å².